The van der Waals surface area contributed by atoms with Crippen molar-refractivity contribution in [2.24, 2.45) is 0 Å². The second-order valence-corrected chi connectivity index (χ2v) is 2.72. The molecule has 0 heterocycles. The van der Waals surface area contributed by atoms with Gasteiger partial charge in [-0.1, -0.05) is 34.1 Å². The molecular weight excluding hydrogens is 288 g/mol. The Kier molecular flexibility index (Phi) is 9.41. The summed E-state index contributed by atoms with van der Waals surface area (Å²) in [6.45, 7) is 0. The molecule has 0 atom stereocenters. The first-order chi connectivity index (χ1) is 3.80. The largest absolute Gasteiger partial charge is 2.00 e. The molecular formula is C6H4Br2MgS. The predicted octanol–water partition coefficient (Wildman–Crippen LogP) is -1.02. The molecule has 1 aromatic carbocycles. The van der Waals surface area contributed by atoms with Gasteiger partial charge in [-0.25, -0.2) is 0 Å². The maximum atomic E-state index is 4.91. The summed E-state index contributed by atoms with van der Waals surface area (Å²) in [5.74, 6) is 0. The molecule has 1 rings (SSSR count). The number of benzene rings is 1. The zero-order valence-electron chi connectivity index (χ0n) is 5.18. The molecule has 0 radical (unpaired) electrons. The van der Waals surface area contributed by atoms with E-state index in [0.717, 1.165) is 9.37 Å². The van der Waals surface area contributed by atoms with Crippen LogP contribution in [-0.4, -0.2) is 23.1 Å². The third-order valence-corrected chi connectivity index (χ3v) is 2.15. The van der Waals surface area contributed by atoms with Crippen LogP contribution in [0.25, 0.3) is 0 Å². The van der Waals surface area contributed by atoms with Crippen molar-refractivity contribution in [2.45, 2.75) is 4.90 Å². The first-order valence-electron chi connectivity index (χ1n) is 2.22. The average Bonchev–Trinajstić information content (AvgIpc) is 1.77. The fourth-order valence-corrected chi connectivity index (χ4v) is 0.876. The molecule has 1 aromatic rings. The van der Waals surface area contributed by atoms with Gasteiger partial charge in [0, 0.05) is 0 Å². The minimum absolute atomic E-state index is 0. The maximum Gasteiger partial charge on any atom is 2.00 e. The van der Waals surface area contributed by atoms with E-state index < -0.39 is 0 Å². The molecule has 0 aromatic heterocycles. The van der Waals surface area contributed by atoms with Gasteiger partial charge in [0.1, 0.15) is 0 Å². The predicted molar refractivity (Wildman–Crippen MR) is 45.5 cm³/mol. The molecule has 0 aliphatic carbocycles. The SMILES string of the molecule is [Br-].[Mg+2].[S-]c1ccccc1Br. The first kappa shape index (κ1) is 13.7. The molecule has 0 unspecified atom stereocenters. The number of rotatable bonds is 0. The van der Waals surface area contributed by atoms with Crippen molar-refractivity contribution < 1.29 is 17.0 Å². The molecule has 50 valence electrons. The Hall–Kier alpha value is 1.17. The summed E-state index contributed by atoms with van der Waals surface area (Å²) in [6, 6.07) is 7.69. The molecule has 0 aliphatic heterocycles. The van der Waals surface area contributed by atoms with E-state index >= 15 is 0 Å². The Bertz CT molecular complexity index is 172. The Morgan fingerprint density at radius 2 is 1.70 bits per heavy atom. The molecule has 0 fully saturated rings. The normalized spacial score (nSPS) is 7.30. The van der Waals surface area contributed by atoms with Crippen molar-refractivity contribution in [3.63, 3.8) is 0 Å². The molecule has 10 heavy (non-hydrogen) atoms. The van der Waals surface area contributed by atoms with Gasteiger partial charge in [-0.15, -0.1) is 0 Å². The minimum atomic E-state index is 0. The van der Waals surface area contributed by atoms with Gasteiger partial charge in [0.05, 0.1) is 0 Å². The van der Waals surface area contributed by atoms with E-state index in [1.165, 1.54) is 0 Å². The van der Waals surface area contributed by atoms with E-state index in [0.29, 0.717) is 0 Å². The topological polar surface area (TPSA) is 0 Å². The third-order valence-electron chi connectivity index (χ3n) is 0.837. The second-order valence-electron chi connectivity index (χ2n) is 1.43. The molecule has 0 bridgehead atoms. The molecule has 0 aliphatic rings. The van der Waals surface area contributed by atoms with Crippen LogP contribution in [0.4, 0.5) is 0 Å². The van der Waals surface area contributed by atoms with Crippen LogP contribution in [-0.2, 0) is 12.6 Å². The van der Waals surface area contributed by atoms with E-state index in [1.54, 1.807) is 0 Å². The van der Waals surface area contributed by atoms with E-state index in [9.17, 15) is 0 Å². The number of hydrogen-bond acceptors (Lipinski definition) is 1. The minimum Gasteiger partial charge on any atom is -1.00 e. The van der Waals surface area contributed by atoms with Crippen LogP contribution >= 0.6 is 15.9 Å². The zero-order chi connectivity index (χ0) is 5.98. The molecule has 0 N–H and O–H groups in total. The van der Waals surface area contributed by atoms with Gasteiger partial charge in [0.2, 0.25) is 0 Å². The third kappa shape index (κ3) is 4.13. The molecule has 4 heteroatoms. The molecule has 0 spiro atoms. The monoisotopic (exact) mass is 290 g/mol. The summed E-state index contributed by atoms with van der Waals surface area (Å²) < 4.78 is 0.995. The van der Waals surface area contributed by atoms with E-state index in [-0.39, 0.29) is 40.0 Å². The van der Waals surface area contributed by atoms with Crippen molar-refractivity contribution in [1.82, 2.24) is 0 Å². The Balaban J connectivity index is 0. The van der Waals surface area contributed by atoms with Crippen LogP contribution in [0, 0.1) is 0 Å². The van der Waals surface area contributed by atoms with Crippen LogP contribution in [0.3, 0.4) is 0 Å². The molecule has 0 amide bonds. The van der Waals surface area contributed by atoms with Crippen molar-refractivity contribution in [3.05, 3.63) is 28.7 Å². The van der Waals surface area contributed by atoms with Gasteiger partial charge >= 0.3 is 23.1 Å². The summed E-state index contributed by atoms with van der Waals surface area (Å²) in [5.41, 5.74) is 0. The van der Waals surface area contributed by atoms with Crippen LogP contribution in [0.15, 0.2) is 33.6 Å². The summed E-state index contributed by atoms with van der Waals surface area (Å²) in [4.78, 5) is 0.868. The molecule has 0 saturated heterocycles. The average molecular weight is 292 g/mol. The van der Waals surface area contributed by atoms with E-state index in [1.807, 2.05) is 24.3 Å². The molecule has 0 saturated carbocycles. The smallest absolute Gasteiger partial charge is 1.00 e. The van der Waals surface area contributed by atoms with Gasteiger partial charge in [-0.05, 0) is 10.5 Å². The van der Waals surface area contributed by atoms with Crippen LogP contribution in [0.1, 0.15) is 0 Å². The van der Waals surface area contributed by atoms with Crippen molar-refractivity contribution in [2.75, 3.05) is 0 Å². The summed E-state index contributed by atoms with van der Waals surface area (Å²) in [6.07, 6.45) is 0. The van der Waals surface area contributed by atoms with Gasteiger partial charge in [-0.2, -0.15) is 4.90 Å². The molecule has 0 nitrogen and oxygen atoms in total. The van der Waals surface area contributed by atoms with Crippen LogP contribution < -0.4 is 17.0 Å². The number of hydrogen-bond donors (Lipinski definition) is 0. The quantitative estimate of drug-likeness (QED) is 0.436. The van der Waals surface area contributed by atoms with Gasteiger partial charge < -0.3 is 29.6 Å². The number of halogens is 2. The zero-order valence-corrected chi connectivity index (χ0v) is 10.6. The van der Waals surface area contributed by atoms with Crippen molar-refractivity contribution in [3.8, 4) is 0 Å². The van der Waals surface area contributed by atoms with Gasteiger partial charge in [-0.3, -0.25) is 0 Å². The van der Waals surface area contributed by atoms with Gasteiger partial charge in [0.25, 0.3) is 0 Å². The Morgan fingerprint density at radius 1 is 1.20 bits per heavy atom. The fraction of sp³-hybridized carbons (Fsp3) is 0. The summed E-state index contributed by atoms with van der Waals surface area (Å²) in [5, 5.41) is 0. The Labute approximate surface area is 101 Å². The van der Waals surface area contributed by atoms with E-state index in [2.05, 4.69) is 15.9 Å². The van der Waals surface area contributed by atoms with E-state index in [4.69, 9.17) is 12.6 Å². The van der Waals surface area contributed by atoms with Crippen molar-refractivity contribution >= 4 is 51.6 Å². The summed E-state index contributed by atoms with van der Waals surface area (Å²) in [7, 11) is 0. The maximum absolute atomic E-state index is 4.91. The first-order valence-corrected chi connectivity index (χ1v) is 3.42. The van der Waals surface area contributed by atoms with Crippen LogP contribution in [0.5, 0.6) is 0 Å². The Morgan fingerprint density at radius 3 is 2.00 bits per heavy atom. The van der Waals surface area contributed by atoms with Crippen LogP contribution in [0.2, 0.25) is 0 Å². The summed E-state index contributed by atoms with van der Waals surface area (Å²) >= 11 is 8.20. The van der Waals surface area contributed by atoms with Crippen molar-refractivity contribution in [1.29, 1.82) is 0 Å². The second kappa shape index (κ2) is 6.85. The van der Waals surface area contributed by atoms with Gasteiger partial charge in [0.15, 0.2) is 0 Å². The standard InChI is InChI=1S/C6H5BrS.BrH.Mg/c7-5-3-1-2-4-6(5)8;;/h1-4,8H;1H;/q;;+2/p-2. The fourth-order valence-electron chi connectivity index (χ4n) is 0.445.